The minimum Gasteiger partial charge on any atom is -0.301 e. The van der Waals surface area contributed by atoms with Gasteiger partial charge in [-0.1, -0.05) is 127 Å². The molecule has 0 aliphatic heterocycles. The number of fused-ring (bicyclic) bond motifs is 8. The van der Waals surface area contributed by atoms with E-state index in [-0.39, 0.29) is 0 Å². The van der Waals surface area contributed by atoms with E-state index in [1.807, 2.05) is 11.3 Å². The molecule has 2 heterocycles. The molecule has 10 rings (SSSR count). The summed E-state index contributed by atoms with van der Waals surface area (Å²) in [5, 5.41) is 11.6. The molecule has 10 aromatic rings. The van der Waals surface area contributed by atoms with E-state index in [2.05, 4.69) is 168 Å². The van der Waals surface area contributed by atoms with Crippen LogP contribution in [0.5, 0.6) is 0 Å². The van der Waals surface area contributed by atoms with Gasteiger partial charge in [0.25, 0.3) is 0 Å². The lowest BCUT2D eigenvalue weighted by atomic mass is 9.85. The highest BCUT2D eigenvalue weighted by molar-refractivity contribution is 7.25. The maximum absolute atomic E-state index is 2.44. The first-order valence-electron chi connectivity index (χ1n) is 15.8. The van der Waals surface area contributed by atoms with E-state index in [9.17, 15) is 0 Å². The molecule has 0 fully saturated rings. The van der Waals surface area contributed by atoms with Gasteiger partial charge in [0.1, 0.15) is 4.83 Å². The van der Waals surface area contributed by atoms with Crippen molar-refractivity contribution in [2.75, 3.05) is 0 Å². The molecule has 0 spiro atoms. The summed E-state index contributed by atoms with van der Waals surface area (Å²) in [6.07, 6.45) is 0. The molecule has 0 radical (unpaired) electrons. The van der Waals surface area contributed by atoms with Gasteiger partial charge in [0, 0.05) is 26.5 Å². The molecular weight excluding hydrogens is 575 g/mol. The van der Waals surface area contributed by atoms with Gasteiger partial charge in [0.05, 0.1) is 5.52 Å². The molecule has 0 bridgehead atoms. The van der Waals surface area contributed by atoms with Crippen LogP contribution in [0.1, 0.15) is 0 Å². The number of nitrogens with zero attached hydrogens (tertiary/aromatic N) is 1. The summed E-state index contributed by atoms with van der Waals surface area (Å²) in [5.41, 5.74) is 7.51. The Kier molecular flexibility index (Phi) is 5.51. The Morgan fingerprint density at radius 1 is 0.391 bits per heavy atom. The van der Waals surface area contributed by atoms with Crippen LogP contribution in [-0.2, 0) is 0 Å². The van der Waals surface area contributed by atoms with Gasteiger partial charge >= 0.3 is 0 Å². The van der Waals surface area contributed by atoms with Crippen LogP contribution in [0.4, 0.5) is 0 Å². The van der Waals surface area contributed by atoms with Gasteiger partial charge in [-0.2, -0.15) is 0 Å². The van der Waals surface area contributed by atoms with Crippen LogP contribution in [-0.4, -0.2) is 4.57 Å². The Bertz CT molecular complexity index is 2740. The highest BCUT2D eigenvalue weighted by atomic mass is 32.1. The Balaban J connectivity index is 1.31. The second kappa shape index (κ2) is 9.90. The molecule has 214 valence electrons. The first kappa shape index (κ1) is 25.6. The standard InChI is InChI=1S/C44H27NS/c1-2-14-32(15-3-1)45-39-25-24-31(27-38(39)43-37-20-10-11-21-40(37)46-44(43)45)42-35-18-8-6-16-33(35)41(34-17-7-9-19-36(34)42)30-23-22-28-12-4-5-13-29(28)26-30/h1-27H. The molecule has 8 aromatic carbocycles. The molecule has 1 nitrogen and oxygen atoms in total. The third-order valence-corrected chi connectivity index (χ3v) is 10.7. The fourth-order valence-corrected chi connectivity index (χ4v) is 8.83. The number of hydrogen-bond donors (Lipinski definition) is 0. The molecule has 0 saturated carbocycles. The monoisotopic (exact) mass is 601 g/mol. The van der Waals surface area contributed by atoms with Gasteiger partial charge in [-0.05, 0) is 91.0 Å². The maximum Gasteiger partial charge on any atom is 0.109 e. The summed E-state index contributed by atoms with van der Waals surface area (Å²) < 4.78 is 3.76. The Morgan fingerprint density at radius 3 is 1.63 bits per heavy atom. The number of thiophene rings is 1. The van der Waals surface area contributed by atoms with Gasteiger partial charge in [-0.3, -0.25) is 0 Å². The fraction of sp³-hybridized carbons (Fsp3) is 0. The third kappa shape index (κ3) is 3.68. The van der Waals surface area contributed by atoms with Crippen LogP contribution in [0.25, 0.3) is 91.5 Å². The second-order valence-corrected chi connectivity index (χ2v) is 13.1. The number of rotatable bonds is 3. The molecule has 0 aliphatic rings. The Hall–Kier alpha value is -5.70. The van der Waals surface area contributed by atoms with Crippen molar-refractivity contribution in [3.8, 4) is 27.9 Å². The van der Waals surface area contributed by atoms with E-state index in [4.69, 9.17) is 0 Å². The highest BCUT2D eigenvalue weighted by Crippen LogP contribution is 2.47. The average Bonchev–Trinajstić information content (AvgIpc) is 3.65. The molecule has 46 heavy (non-hydrogen) atoms. The summed E-state index contributed by atoms with van der Waals surface area (Å²) in [4.78, 5) is 1.29. The molecule has 0 N–H and O–H groups in total. The smallest absolute Gasteiger partial charge is 0.109 e. The molecule has 0 atom stereocenters. The first-order chi connectivity index (χ1) is 22.8. The van der Waals surface area contributed by atoms with E-state index >= 15 is 0 Å². The molecule has 0 amide bonds. The summed E-state index contributed by atoms with van der Waals surface area (Å²) in [7, 11) is 0. The van der Waals surface area contributed by atoms with E-state index in [0.717, 1.165) is 0 Å². The van der Waals surface area contributed by atoms with E-state index in [1.54, 1.807) is 0 Å². The van der Waals surface area contributed by atoms with Gasteiger partial charge < -0.3 is 4.57 Å². The minimum absolute atomic E-state index is 1.19. The minimum atomic E-state index is 1.19. The zero-order valence-electron chi connectivity index (χ0n) is 24.9. The second-order valence-electron chi connectivity index (χ2n) is 12.1. The zero-order chi connectivity index (χ0) is 30.2. The van der Waals surface area contributed by atoms with E-state index in [0.29, 0.717) is 0 Å². The highest BCUT2D eigenvalue weighted by Gasteiger charge is 2.21. The first-order valence-corrected chi connectivity index (χ1v) is 16.6. The summed E-state index contributed by atoms with van der Waals surface area (Å²) in [5.74, 6) is 0. The van der Waals surface area contributed by atoms with Crippen LogP contribution in [0.3, 0.4) is 0 Å². The van der Waals surface area contributed by atoms with Crippen molar-refractivity contribution in [3.05, 3.63) is 164 Å². The van der Waals surface area contributed by atoms with Crippen molar-refractivity contribution in [1.29, 1.82) is 0 Å². The van der Waals surface area contributed by atoms with E-state index in [1.165, 1.54) is 91.5 Å². The van der Waals surface area contributed by atoms with Crippen molar-refractivity contribution in [3.63, 3.8) is 0 Å². The SMILES string of the molecule is c1ccc(-n2c3ccc(-c4c5ccccc5c(-c5ccc6ccccc6c5)c5ccccc45)cc3c3c4ccccc4sc32)cc1. The number of benzene rings is 8. The summed E-state index contributed by atoms with van der Waals surface area (Å²) in [6, 6.07) is 60.1. The average molecular weight is 602 g/mol. The van der Waals surface area contributed by atoms with Crippen molar-refractivity contribution in [2.24, 2.45) is 0 Å². The predicted octanol–water partition coefficient (Wildman–Crippen LogP) is 12.8. The molecule has 2 heteroatoms. The number of hydrogen-bond acceptors (Lipinski definition) is 1. The molecular formula is C44H27NS. The van der Waals surface area contributed by atoms with Crippen molar-refractivity contribution in [1.82, 2.24) is 4.57 Å². The molecule has 0 unspecified atom stereocenters. The molecule has 0 saturated heterocycles. The normalized spacial score (nSPS) is 11.9. The Morgan fingerprint density at radius 2 is 0.935 bits per heavy atom. The van der Waals surface area contributed by atoms with Crippen LogP contribution in [0.2, 0.25) is 0 Å². The van der Waals surface area contributed by atoms with Gasteiger partial charge in [-0.15, -0.1) is 11.3 Å². The summed E-state index contributed by atoms with van der Waals surface area (Å²) >= 11 is 1.88. The van der Waals surface area contributed by atoms with E-state index < -0.39 is 0 Å². The number of para-hydroxylation sites is 1. The summed E-state index contributed by atoms with van der Waals surface area (Å²) in [6.45, 7) is 0. The van der Waals surface area contributed by atoms with Crippen molar-refractivity contribution >= 4 is 74.9 Å². The van der Waals surface area contributed by atoms with Crippen LogP contribution >= 0.6 is 11.3 Å². The molecule has 2 aromatic heterocycles. The van der Waals surface area contributed by atoms with Gasteiger partial charge in [0.15, 0.2) is 0 Å². The zero-order valence-corrected chi connectivity index (χ0v) is 25.8. The lowest BCUT2D eigenvalue weighted by Gasteiger charge is -2.18. The van der Waals surface area contributed by atoms with Crippen molar-refractivity contribution in [2.45, 2.75) is 0 Å². The van der Waals surface area contributed by atoms with Crippen LogP contribution in [0, 0.1) is 0 Å². The Labute approximate surface area is 270 Å². The van der Waals surface area contributed by atoms with Crippen molar-refractivity contribution < 1.29 is 0 Å². The fourth-order valence-electron chi connectivity index (χ4n) is 7.58. The van der Waals surface area contributed by atoms with Crippen LogP contribution in [0.15, 0.2) is 164 Å². The quantitative estimate of drug-likeness (QED) is 0.178. The predicted molar refractivity (Wildman–Crippen MR) is 200 cm³/mol. The largest absolute Gasteiger partial charge is 0.301 e. The maximum atomic E-state index is 2.44. The number of aromatic nitrogens is 1. The third-order valence-electron chi connectivity index (χ3n) is 9.56. The van der Waals surface area contributed by atoms with Gasteiger partial charge in [0.2, 0.25) is 0 Å². The molecule has 0 aliphatic carbocycles. The lowest BCUT2D eigenvalue weighted by Crippen LogP contribution is -1.93. The topological polar surface area (TPSA) is 4.93 Å². The van der Waals surface area contributed by atoms with Crippen LogP contribution < -0.4 is 0 Å². The van der Waals surface area contributed by atoms with Gasteiger partial charge in [-0.25, -0.2) is 0 Å². The lowest BCUT2D eigenvalue weighted by molar-refractivity contribution is 1.19.